The maximum absolute atomic E-state index is 12.1. The molecule has 1 saturated heterocycles. The second kappa shape index (κ2) is 6.64. The molecule has 2 fully saturated rings. The van der Waals surface area contributed by atoms with Gasteiger partial charge in [-0.1, -0.05) is 19.3 Å². The van der Waals surface area contributed by atoms with E-state index in [2.05, 4.69) is 16.9 Å². The first kappa shape index (κ1) is 14.7. The molecule has 19 heavy (non-hydrogen) atoms. The lowest BCUT2D eigenvalue weighted by Crippen LogP contribution is -2.47. The van der Waals surface area contributed by atoms with Gasteiger partial charge in [0.05, 0.1) is 5.92 Å². The largest absolute Gasteiger partial charge is 0.355 e. The first-order valence-corrected chi connectivity index (χ1v) is 8.47. The number of carbonyl (C=O) groups excluding carboxylic acids is 2. The minimum atomic E-state index is -0.0415. The van der Waals surface area contributed by atoms with Gasteiger partial charge in [-0.25, -0.2) is 0 Å². The molecule has 0 radical (unpaired) electrons. The molecule has 2 aliphatic rings. The van der Waals surface area contributed by atoms with Gasteiger partial charge in [0.15, 0.2) is 0 Å². The highest BCUT2D eigenvalue weighted by Crippen LogP contribution is 2.38. The molecule has 0 bridgehead atoms. The van der Waals surface area contributed by atoms with Crippen molar-refractivity contribution >= 4 is 23.6 Å². The van der Waals surface area contributed by atoms with Crippen LogP contribution in [0.1, 0.15) is 44.9 Å². The predicted octanol–water partition coefficient (Wildman–Crippen LogP) is 1.69. The van der Waals surface area contributed by atoms with E-state index in [1.54, 1.807) is 0 Å². The Morgan fingerprint density at radius 1 is 1.42 bits per heavy atom. The maximum Gasteiger partial charge on any atom is 0.224 e. The third kappa shape index (κ3) is 3.88. The van der Waals surface area contributed by atoms with Crippen molar-refractivity contribution < 1.29 is 9.59 Å². The molecule has 0 aromatic carbocycles. The average Bonchev–Trinajstić information content (AvgIpc) is 2.46. The molecule has 1 aliphatic carbocycles. The molecule has 2 amide bonds. The van der Waals surface area contributed by atoms with Gasteiger partial charge in [-0.3, -0.25) is 9.59 Å². The Labute approximate surface area is 119 Å². The van der Waals surface area contributed by atoms with Crippen LogP contribution in [0.3, 0.4) is 0 Å². The zero-order chi connectivity index (χ0) is 13.7. The lowest BCUT2D eigenvalue weighted by atomic mass is 9.88. The van der Waals surface area contributed by atoms with Crippen LogP contribution in [0, 0.1) is 5.92 Å². The minimum absolute atomic E-state index is 0.0415. The van der Waals surface area contributed by atoms with Crippen LogP contribution in [0.15, 0.2) is 0 Å². The van der Waals surface area contributed by atoms with Crippen molar-refractivity contribution in [2.24, 2.45) is 5.92 Å². The van der Waals surface area contributed by atoms with Crippen molar-refractivity contribution in [1.82, 2.24) is 10.6 Å². The molecule has 2 rings (SSSR count). The summed E-state index contributed by atoms with van der Waals surface area (Å²) in [5.74, 6) is 0.135. The van der Waals surface area contributed by atoms with Crippen LogP contribution < -0.4 is 10.6 Å². The first-order chi connectivity index (χ1) is 9.15. The third-order valence-corrected chi connectivity index (χ3v) is 5.84. The summed E-state index contributed by atoms with van der Waals surface area (Å²) in [6.07, 6.45) is 9.59. The predicted molar refractivity (Wildman–Crippen MR) is 78.1 cm³/mol. The van der Waals surface area contributed by atoms with Crippen LogP contribution >= 0.6 is 11.8 Å². The first-order valence-electron chi connectivity index (χ1n) is 7.25. The average molecular weight is 284 g/mol. The van der Waals surface area contributed by atoms with Crippen LogP contribution in [0.2, 0.25) is 0 Å². The number of hydrogen-bond acceptors (Lipinski definition) is 3. The Morgan fingerprint density at radius 2 is 2.16 bits per heavy atom. The standard InChI is InChI=1S/C14H24N2O2S/c1-19-14(7-3-2-4-8-14)10-16-13(18)11-5-6-12(17)15-9-11/h11H,2-10H2,1H3,(H,15,17)(H,16,18). The third-order valence-electron chi connectivity index (χ3n) is 4.42. The zero-order valence-corrected chi connectivity index (χ0v) is 12.5. The zero-order valence-electron chi connectivity index (χ0n) is 11.7. The van der Waals surface area contributed by atoms with Crippen LogP contribution in [0.25, 0.3) is 0 Å². The van der Waals surface area contributed by atoms with Crippen LogP contribution in [-0.4, -0.2) is 35.9 Å². The number of carbonyl (C=O) groups is 2. The maximum atomic E-state index is 12.1. The molecule has 1 atom stereocenters. The molecule has 0 spiro atoms. The second-order valence-electron chi connectivity index (χ2n) is 5.71. The summed E-state index contributed by atoms with van der Waals surface area (Å²) in [4.78, 5) is 23.2. The smallest absolute Gasteiger partial charge is 0.224 e. The summed E-state index contributed by atoms with van der Waals surface area (Å²) in [5.41, 5.74) is 0. The van der Waals surface area contributed by atoms with E-state index in [4.69, 9.17) is 0 Å². The number of rotatable bonds is 4. The van der Waals surface area contributed by atoms with E-state index < -0.39 is 0 Å². The monoisotopic (exact) mass is 284 g/mol. The quantitative estimate of drug-likeness (QED) is 0.826. The topological polar surface area (TPSA) is 58.2 Å². The Kier molecular flexibility index (Phi) is 5.13. The molecule has 1 saturated carbocycles. The number of hydrogen-bond donors (Lipinski definition) is 2. The molecular formula is C14H24N2O2S. The lowest BCUT2D eigenvalue weighted by Gasteiger charge is -2.36. The molecule has 1 unspecified atom stereocenters. The van der Waals surface area contributed by atoms with Gasteiger partial charge in [-0.15, -0.1) is 0 Å². The molecule has 1 heterocycles. The highest BCUT2D eigenvalue weighted by Gasteiger charge is 2.32. The normalized spacial score (nSPS) is 26.6. The van der Waals surface area contributed by atoms with E-state index >= 15 is 0 Å². The Bertz CT molecular complexity index is 330. The van der Waals surface area contributed by atoms with Gasteiger partial charge >= 0.3 is 0 Å². The van der Waals surface area contributed by atoms with Crippen molar-refractivity contribution in [2.75, 3.05) is 19.3 Å². The van der Waals surface area contributed by atoms with E-state index in [1.807, 2.05) is 11.8 Å². The Hall–Kier alpha value is -0.710. The number of piperidine rings is 1. The molecule has 0 aromatic heterocycles. The highest BCUT2D eigenvalue weighted by atomic mass is 32.2. The minimum Gasteiger partial charge on any atom is -0.355 e. The number of nitrogens with one attached hydrogen (secondary N) is 2. The fraction of sp³-hybridized carbons (Fsp3) is 0.857. The number of amides is 2. The van der Waals surface area contributed by atoms with Crippen molar-refractivity contribution in [1.29, 1.82) is 0 Å². The lowest BCUT2D eigenvalue weighted by molar-refractivity contribution is -0.129. The fourth-order valence-corrected chi connectivity index (χ4v) is 3.91. The van der Waals surface area contributed by atoms with Gasteiger partial charge in [0, 0.05) is 24.3 Å². The van der Waals surface area contributed by atoms with Gasteiger partial charge in [-0.2, -0.15) is 11.8 Å². The molecule has 0 aromatic rings. The Balaban J connectivity index is 1.80. The summed E-state index contributed by atoms with van der Waals surface area (Å²) in [5, 5.41) is 5.89. The van der Waals surface area contributed by atoms with E-state index in [9.17, 15) is 9.59 Å². The summed E-state index contributed by atoms with van der Waals surface area (Å²) >= 11 is 1.90. The van der Waals surface area contributed by atoms with Crippen LogP contribution in [0.5, 0.6) is 0 Å². The van der Waals surface area contributed by atoms with Gasteiger partial charge < -0.3 is 10.6 Å². The van der Waals surface area contributed by atoms with Crippen molar-refractivity contribution in [3.63, 3.8) is 0 Å². The summed E-state index contributed by atoms with van der Waals surface area (Å²) in [6.45, 7) is 1.27. The van der Waals surface area contributed by atoms with Crippen molar-refractivity contribution in [3.05, 3.63) is 0 Å². The second-order valence-corrected chi connectivity index (χ2v) is 6.98. The highest BCUT2D eigenvalue weighted by molar-refractivity contribution is 8.00. The summed E-state index contributed by atoms with van der Waals surface area (Å²) < 4.78 is 0.242. The van der Waals surface area contributed by atoms with Crippen molar-refractivity contribution in [3.8, 4) is 0 Å². The summed E-state index contributed by atoms with van der Waals surface area (Å²) in [6, 6.07) is 0. The molecule has 1 aliphatic heterocycles. The molecule has 2 N–H and O–H groups in total. The van der Waals surface area contributed by atoms with E-state index in [1.165, 1.54) is 32.1 Å². The van der Waals surface area contributed by atoms with Gasteiger partial charge in [0.1, 0.15) is 0 Å². The summed E-state index contributed by atoms with van der Waals surface area (Å²) in [7, 11) is 0. The fourth-order valence-electron chi connectivity index (χ4n) is 3.00. The van der Waals surface area contributed by atoms with Gasteiger partial charge in [-0.05, 0) is 25.5 Å². The van der Waals surface area contributed by atoms with Crippen LogP contribution in [0.4, 0.5) is 0 Å². The van der Waals surface area contributed by atoms with Crippen LogP contribution in [-0.2, 0) is 9.59 Å². The molecule has 108 valence electrons. The van der Waals surface area contributed by atoms with Gasteiger partial charge in [0.25, 0.3) is 0 Å². The van der Waals surface area contributed by atoms with E-state index in [0.29, 0.717) is 19.4 Å². The number of thioether (sulfide) groups is 1. The van der Waals surface area contributed by atoms with E-state index in [0.717, 1.165) is 6.54 Å². The molecule has 5 heteroatoms. The molecule has 4 nitrogen and oxygen atoms in total. The SMILES string of the molecule is CSC1(CNC(=O)C2CCC(=O)NC2)CCCCC1. The van der Waals surface area contributed by atoms with Gasteiger partial charge in [0.2, 0.25) is 11.8 Å². The van der Waals surface area contributed by atoms with Crippen molar-refractivity contribution in [2.45, 2.75) is 49.7 Å². The van der Waals surface area contributed by atoms with E-state index in [-0.39, 0.29) is 22.5 Å². The Morgan fingerprint density at radius 3 is 2.74 bits per heavy atom. The molecular weight excluding hydrogens is 260 g/mol.